The van der Waals surface area contributed by atoms with Gasteiger partial charge in [0.25, 0.3) is 5.56 Å². The summed E-state index contributed by atoms with van der Waals surface area (Å²) in [6, 6.07) is 12.8. The molecule has 0 unspecified atom stereocenters. The molecule has 0 radical (unpaired) electrons. The molecule has 3 rings (SSSR count). The second kappa shape index (κ2) is 4.27. The molecular formula is C14H9ClN2O. The van der Waals surface area contributed by atoms with Gasteiger partial charge >= 0.3 is 0 Å². The third kappa shape index (κ3) is 1.89. The van der Waals surface area contributed by atoms with Crippen LogP contribution < -0.4 is 5.56 Å². The van der Waals surface area contributed by atoms with Crippen LogP contribution in [0, 0.1) is 0 Å². The van der Waals surface area contributed by atoms with Gasteiger partial charge in [0.05, 0.1) is 0 Å². The highest BCUT2D eigenvalue weighted by atomic mass is 35.5. The van der Waals surface area contributed by atoms with Gasteiger partial charge in [-0.3, -0.25) is 4.79 Å². The van der Waals surface area contributed by atoms with Crippen LogP contribution in [0.4, 0.5) is 0 Å². The summed E-state index contributed by atoms with van der Waals surface area (Å²) in [4.78, 5) is 18.9. The zero-order valence-electron chi connectivity index (χ0n) is 9.35. The molecule has 1 N–H and O–H groups in total. The van der Waals surface area contributed by atoms with E-state index in [2.05, 4.69) is 9.97 Å². The number of nitrogens with zero attached hydrogens (tertiary/aromatic N) is 1. The van der Waals surface area contributed by atoms with Crippen molar-refractivity contribution in [2.75, 3.05) is 0 Å². The Morgan fingerprint density at radius 2 is 1.89 bits per heavy atom. The van der Waals surface area contributed by atoms with Crippen LogP contribution in [0.25, 0.3) is 22.2 Å². The Kier molecular flexibility index (Phi) is 2.61. The van der Waals surface area contributed by atoms with Crippen LogP contribution in [-0.2, 0) is 0 Å². The summed E-state index contributed by atoms with van der Waals surface area (Å²) in [7, 11) is 0. The van der Waals surface area contributed by atoms with E-state index in [1.165, 1.54) is 0 Å². The molecule has 88 valence electrons. The monoisotopic (exact) mass is 256 g/mol. The summed E-state index contributed by atoms with van der Waals surface area (Å²) < 4.78 is 0. The molecule has 0 saturated heterocycles. The summed E-state index contributed by atoms with van der Waals surface area (Å²) in [5, 5.41) is 1.56. The normalized spacial score (nSPS) is 10.7. The minimum atomic E-state index is -0.150. The van der Waals surface area contributed by atoms with Crippen molar-refractivity contribution in [3.8, 4) is 11.1 Å². The molecule has 2 heterocycles. The lowest BCUT2D eigenvalue weighted by Gasteiger charge is -2.03. The van der Waals surface area contributed by atoms with Gasteiger partial charge in [0.2, 0.25) is 0 Å². The van der Waals surface area contributed by atoms with Crippen molar-refractivity contribution in [2.45, 2.75) is 0 Å². The van der Waals surface area contributed by atoms with Crippen molar-refractivity contribution in [2.24, 2.45) is 0 Å². The van der Waals surface area contributed by atoms with Crippen molar-refractivity contribution in [3.05, 3.63) is 64.0 Å². The summed E-state index contributed by atoms with van der Waals surface area (Å²) in [6.45, 7) is 0. The Morgan fingerprint density at radius 1 is 1.11 bits per heavy atom. The number of aromatic nitrogens is 2. The van der Waals surface area contributed by atoms with E-state index >= 15 is 0 Å². The van der Waals surface area contributed by atoms with Crippen molar-refractivity contribution in [3.63, 3.8) is 0 Å². The molecule has 0 atom stereocenters. The highest BCUT2D eigenvalue weighted by Crippen LogP contribution is 2.20. The number of nitrogens with one attached hydrogen (secondary N) is 1. The van der Waals surface area contributed by atoms with Crippen LogP contribution >= 0.6 is 11.6 Å². The van der Waals surface area contributed by atoms with E-state index in [0.717, 1.165) is 10.9 Å². The predicted molar refractivity (Wildman–Crippen MR) is 72.8 cm³/mol. The highest BCUT2D eigenvalue weighted by Gasteiger charge is 2.05. The lowest BCUT2D eigenvalue weighted by Crippen LogP contribution is -2.09. The molecule has 0 aliphatic rings. The molecular weight excluding hydrogens is 248 g/mol. The zero-order chi connectivity index (χ0) is 12.5. The van der Waals surface area contributed by atoms with Gasteiger partial charge in [-0.25, -0.2) is 4.98 Å². The van der Waals surface area contributed by atoms with Crippen LogP contribution in [-0.4, -0.2) is 9.97 Å². The van der Waals surface area contributed by atoms with Gasteiger partial charge in [0.1, 0.15) is 5.65 Å². The molecule has 0 aliphatic carbocycles. The quantitative estimate of drug-likeness (QED) is 0.726. The molecule has 4 heteroatoms. The fourth-order valence-electron chi connectivity index (χ4n) is 1.88. The first-order chi connectivity index (χ1) is 8.74. The number of rotatable bonds is 1. The molecule has 0 saturated carbocycles. The summed E-state index contributed by atoms with van der Waals surface area (Å²) in [5.74, 6) is 0. The standard InChI is InChI=1S/C14H9ClN2O/c15-11-5-3-9(4-6-11)12-8-10-2-1-7-16-13(10)17-14(12)18/h1-8H,(H,16,17,18). The molecule has 3 nitrogen and oxygen atoms in total. The Balaban J connectivity index is 2.26. The van der Waals surface area contributed by atoms with Crippen molar-refractivity contribution < 1.29 is 0 Å². The summed E-state index contributed by atoms with van der Waals surface area (Å²) in [5.41, 5.74) is 1.90. The molecule has 0 aliphatic heterocycles. The molecule has 0 amide bonds. The van der Waals surface area contributed by atoms with E-state index in [9.17, 15) is 4.79 Å². The van der Waals surface area contributed by atoms with Crippen molar-refractivity contribution in [1.29, 1.82) is 0 Å². The number of pyridine rings is 2. The lowest BCUT2D eigenvalue weighted by molar-refractivity contribution is 1.23. The van der Waals surface area contributed by atoms with E-state index in [4.69, 9.17) is 11.6 Å². The second-order valence-electron chi connectivity index (χ2n) is 3.96. The maximum absolute atomic E-state index is 12.0. The van der Waals surface area contributed by atoms with E-state index in [1.54, 1.807) is 18.3 Å². The molecule has 0 fully saturated rings. The third-order valence-electron chi connectivity index (χ3n) is 2.77. The zero-order valence-corrected chi connectivity index (χ0v) is 10.1. The number of H-pyrrole nitrogens is 1. The van der Waals surface area contributed by atoms with Crippen LogP contribution in [0.3, 0.4) is 0 Å². The average molecular weight is 257 g/mol. The Labute approximate surface area is 108 Å². The SMILES string of the molecule is O=c1[nH]c2ncccc2cc1-c1ccc(Cl)cc1. The summed E-state index contributed by atoms with van der Waals surface area (Å²) >= 11 is 5.84. The van der Waals surface area contributed by atoms with Gasteiger partial charge in [-0.15, -0.1) is 0 Å². The van der Waals surface area contributed by atoms with Crippen LogP contribution in [0.15, 0.2) is 53.5 Å². The maximum Gasteiger partial charge on any atom is 0.257 e. The number of halogens is 1. The van der Waals surface area contributed by atoms with Crippen molar-refractivity contribution in [1.82, 2.24) is 9.97 Å². The van der Waals surface area contributed by atoms with Crippen LogP contribution in [0.1, 0.15) is 0 Å². The second-order valence-corrected chi connectivity index (χ2v) is 4.40. The van der Waals surface area contributed by atoms with Gasteiger partial charge in [-0.1, -0.05) is 23.7 Å². The maximum atomic E-state index is 12.0. The molecule has 3 aromatic rings. The van der Waals surface area contributed by atoms with Gasteiger partial charge < -0.3 is 4.98 Å². The molecule has 0 spiro atoms. The minimum absolute atomic E-state index is 0.150. The molecule has 2 aromatic heterocycles. The molecule has 0 bridgehead atoms. The first kappa shape index (κ1) is 11.0. The lowest BCUT2D eigenvalue weighted by atomic mass is 10.1. The van der Waals surface area contributed by atoms with Gasteiger partial charge in [0, 0.05) is 22.2 Å². The fraction of sp³-hybridized carbons (Fsp3) is 0. The number of fused-ring (bicyclic) bond motifs is 1. The van der Waals surface area contributed by atoms with Gasteiger partial charge in [-0.2, -0.15) is 0 Å². The third-order valence-corrected chi connectivity index (χ3v) is 3.02. The smallest absolute Gasteiger partial charge is 0.257 e. The minimum Gasteiger partial charge on any atom is -0.306 e. The van der Waals surface area contributed by atoms with E-state index in [1.807, 2.05) is 30.3 Å². The summed E-state index contributed by atoms with van der Waals surface area (Å²) in [6.07, 6.45) is 1.65. The number of aromatic amines is 1. The number of hydrogen-bond donors (Lipinski definition) is 1. The predicted octanol–water partition coefficient (Wildman–Crippen LogP) is 3.24. The Bertz CT molecular complexity index is 763. The van der Waals surface area contributed by atoms with E-state index < -0.39 is 0 Å². The first-order valence-electron chi connectivity index (χ1n) is 5.48. The van der Waals surface area contributed by atoms with Crippen molar-refractivity contribution >= 4 is 22.6 Å². The molecule has 1 aromatic carbocycles. The average Bonchev–Trinajstić information content (AvgIpc) is 2.39. The number of hydrogen-bond acceptors (Lipinski definition) is 2. The topological polar surface area (TPSA) is 45.8 Å². The molecule has 18 heavy (non-hydrogen) atoms. The van der Waals surface area contributed by atoms with E-state index in [0.29, 0.717) is 16.2 Å². The van der Waals surface area contributed by atoms with Crippen LogP contribution in [0.2, 0.25) is 5.02 Å². The largest absolute Gasteiger partial charge is 0.306 e. The van der Waals surface area contributed by atoms with E-state index in [-0.39, 0.29) is 5.56 Å². The van der Waals surface area contributed by atoms with Gasteiger partial charge in [0.15, 0.2) is 0 Å². The highest BCUT2D eigenvalue weighted by molar-refractivity contribution is 6.30. The van der Waals surface area contributed by atoms with Crippen LogP contribution in [0.5, 0.6) is 0 Å². The first-order valence-corrected chi connectivity index (χ1v) is 5.86. The number of benzene rings is 1. The Morgan fingerprint density at radius 3 is 2.67 bits per heavy atom. The van der Waals surface area contributed by atoms with Gasteiger partial charge in [-0.05, 0) is 35.9 Å². The Hall–Kier alpha value is -2.13. The fourth-order valence-corrected chi connectivity index (χ4v) is 2.00.